The molecule has 4 aliphatic rings. The third kappa shape index (κ3) is 32.1. The minimum Gasteiger partial charge on any atom is -0.459 e. The molecule has 0 radical (unpaired) electrons. The first-order valence-corrected chi connectivity index (χ1v) is 43.9. The number of carbonyl (C=O) groups is 6. The van der Waals surface area contributed by atoms with E-state index in [1.54, 1.807) is 43.5 Å². The molecule has 37 heteroatoms. The van der Waals surface area contributed by atoms with E-state index in [1.165, 1.54) is 19.3 Å². The van der Waals surface area contributed by atoms with Crippen molar-refractivity contribution in [1.29, 1.82) is 0 Å². The number of ether oxygens (including phenoxy) is 14. The number of aryl methyl sites for hydroxylation is 1. The van der Waals surface area contributed by atoms with Crippen molar-refractivity contribution in [3.05, 3.63) is 84.0 Å². The second-order valence-electron chi connectivity index (χ2n) is 32.4. The van der Waals surface area contributed by atoms with Gasteiger partial charge in [-0.05, 0) is 132 Å². The number of aliphatic hydroxyl groups is 3. The maximum Gasteiger partial charge on any atom is 0.329 e. The maximum atomic E-state index is 14.6. The molecule has 2 saturated heterocycles. The molecule has 10 N–H and O–H groups in total. The average Bonchev–Trinajstić information content (AvgIpc) is 1.02. The Kier molecular flexibility index (Phi) is 43.0. The van der Waals surface area contributed by atoms with Gasteiger partial charge in [0.05, 0.1) is 168 Å². The number of anilines is 2. The van der Waals surface area contributed by atoms with E-state index in [-0.39, 0.29) is 93.3 Å². The van der Waals surface area contributed by atoms with Crippen molar-refractivity contribution in [3.63, 3.8) is 0 Å². The van der Waals surface area contributed by atoms with Gasteiger partial charge in [0, 0.05) is 83.0 Å². The largest absolute Gasteiger partial charge is 0.459 e. The Bertz CT molecular complexity index is 4270. The van der Waals surface area contributed by atoms with Gasteiger partial charge in [-0.1, -0.05) is 62.4 Å². The Morgan fingerprint density at radius 1 is 0.720 bits per heavy atom. The lowest BCUT2D eigenvalue weighted by Gasteiger charge is -2.40. The van der Waals surface area contributed by atoms with Gasteiger partial charge < -0.3 is 113 Å². The Labute approximate surface area is 730 Å². The van der Waals surface area contributed by atoms with Gasteiger partial charge in [0.15, 0.2) is 17.0 Å². The molecule has 3 fully saturated rings. The number of allylic oxidation sites excluding steroid dienone is 6. The summed E-state index contributed by atoms with van der Waals surface area (Å²) in [6.07, 6.45) is 14.0. The van der Waals surface area contributed by atoms with Gasteiger partial charge >= 0.3 is 5.97 Å². The van der Waals surface area contributed by atoms with Gasteiger partial charge in [-0.15, -0.1) is 5.10 Å². The van der Waals surface area contributed by atoms with Crippen LogP contribution < -0.4 is 22.5 Å². The summed E-state index contributed by atoms with van der Waals surface area (Å²) in [4.78, 5) is 97.5. The minimum absolute atomic E-state index is 0.0216. The number of benzene rings is 1. The van der Waals surface area contributed by atoms with Crippen molar-refractivity contribution in [2.24, 2.45) is 29.4 Å². The highest BCUT2D eigenvalue weighted by Crippen LogP contribution is 2.39. The quantitative estimate of drug-likeness (QED) is 0.00986. The van der Waals surface area contributed by atoms with Crippen molar-refractivity contribution in [3.8, 4) is 11.3 Å². The topological polar surface area (TPSA) is 486 Å². The third-order valence-corrected chi connectivity index (χ3v) is 22.8. The predicted octanol–water partition coefficient (Wildman–Crippen LogP) is 6.21. The van der Waals surface area contributed by atoms with Crippen molar-refractivity contribution < 1.29 is 115 Å². The van der Waals surface area contributed by atoms with Crippen LogP contribution in [0.5, 0.6) is 0 Å². The van der Waals surface area contributed by atoms with Crippen LogP contribution in [0.4, 0.5) is 11.8 Å². The van der Waals surface area contributed by atoms with Crippen LogP contribution in [0, 0.1) is 23.7 Å². The van der Waals surface area contributed by atoms with Gasteiger partial charge in [0.1, 0.15) is 59.2 Å². The fraction of sp³-hybridized carbons (Fsp3) is 0.682. The van der Waals surface area contributed by atoms with Crippen LogP contribution in [0.25, 0.3) is 33.4 Å². The van der Waals surface area contributed by atoms with Gasteiger partial charge in [-0.2, -0.15) is 10.1 Å². The average molecular weight is 1760 g/mol. The van der Waals surface area contributed by atoms with Crippen LogP contribution in [0.3, 0.4) is 0 Å². The molecule has 7 heterocycles. The number of carbonyl (C=O) groups excluding carboxylic acids is 6. The Hall–Kier alpha value is -8.32. The first-order chi connectivity index (χ1) is 60.4. The lowest BCUT2D eigenvalue weighted by Crippen LogP contribution is -2.58. The van der Waals surface area contributed by atoms with Crippen LogP contribution in [0.2, 0.25) is 0 Å². The SMILES string of the molecule is CO[C@H]1C[C@@H]2CCC[C@@](O)(O2)C(=O)C(=O)N2CCCC[C@H]2C(=O)O[C@H]([C@H](N)C[C@@H]2CC[C@H](n3cc(COCCOCCOCCOCCOCCOCCOCCOCCOCCOCCC(=O)NCCCCn4nc(-c5ccc6oc(N)nc6c5)c5c(N)ncnc54)nn3)[C@H](OC)C2)CC(=O)[C@H](C)/C=C(\C)C(O)[C@@H](O)C(=O)[C@H](C)C[C@H](C)/C=C/C=CC=C1C. The van der Waals surface area contributed by atoms with E-state index in [1.807, 2.05) is 62.6 Å². The monoisotopic (exact) mass is 1760 g/mol. The number of methoxy groups -OCH3 is 2. The van der Waals surface area contributed by atoms with Gasteiger partial charge in [0.2, 0.25) is 11.7 Å². The number of aromatic nitrogens is 8. The number of amides is 2. The Morgan fingerprint density at radius 2 is 1.37 bits per heavy atom. The number of nitrogens with two attached hydrogens (primary N) is 3. The van der Waals surface area contributed by atoms with Crippen molar-refractivity contribution in [1.82, 2.24) is 49.9 Å². The highest BCUT2D eigenvalue weighted by Gasteiger charge is 2.50. The molecular formula is C88H133N13O24. The number of hydrogen-bond donors (Lipinski definition) is 7. The number of oxazole rings is 1. The van der Waals surface area contributed by atoms with Crippen LogP contribution in [0.1, 0.15) is 149 Å². The maximum absolute atomic E-state index is 14.6. The van der Waals surface area contributed by atoms with Crippen LogP contribution in [0.15, 0.2) is 82.7 Å². The molecule has 2 amide bonds. The molecule has 5 aromatic rings. The fourth-order valence-electron chi connectivity index (χ4n) is 15.8. The number of nitrogen functional groups attached to an aromatic ring is 2. The van der Waals surface area contributed by atoms with Crippen LogP contribution in [-0.4, -0.2) is 302 Å². The minimum atomic E-state index is -2.46. The summed E-state index contributed by atoms with van der Waals surface area (Å²) >= 11 is 0. The number of nitrogens with zero attached hydrogens (tertiary/aromatic N) is 9. The predicted molar refractivity (Wildman–Crippen MR) is 459 cm³/mol. The Morgan fingerprint density at radius 3 is 2.02 bits per heavy atom. The second-order valence-corrected chi connectivity index (χ2v) is 32.4. The zero-order valence-corrected chi connectivity index (χ0v) is 73.6. The zero-order valence-electron chi connectivity index (χ0n) is 73.6. The number of unbranched alkanes of at least 4 members (excludes halogenated alkanes) is 1. The number of fused-ring (bicyclic) bond motifs is 5. The normalized spacial score (nSPS) is 25.5. The number of esters is 1. The molecule has 14 atom stereocenters. The van der Waals surface area contributed by atoms with Crippen molar-refractivity contribution in [2.75, 3.05) is 164 Å². The van der Waals surface area contributed by atoms with E-state index < -0.39 is 89.5 Å². The molecule has 1 saturated carbocycles. The van der Waals surface area contributed by atoms with E-state index in [4.69, 9.17) is 93.0 Å². The van der Waals surface area contributed by atoms with Crippen LogP contribution >= 0.6 is 0 Å². The smallest absolute Gasteiger partial charge is 0.329 e. The van der Waals surface area contributed by atoms with Crippen molar-refractivity contribution in [2.45, 2.75) is 211 Å². The van der Waals surface area contributed by atoms with E-state index in [0.717, 1.165) is 28.9 Å². The molecular weight excluding hydrogens is 1620 g/mol. The third-order valence-electron chi connectivity index (χ3n) is 22.8. The number of hydrogen-bond acceptors (Lipinski definition) is 33. The van der Waals surface area contributed by atoms with Gasteiger partial charge in [-0.25, -0.2) is 24.1 Å². The number of nitrogens with one attached hydrogen (secondary N) is 1. The summed E-state index contributed by atoms with van der Waals surface area (Å²) in [7, 11) is 3.18. The van der Waals surface area contributed by atoms with Gasteiger partial charge in [0.25, 0.3) is 17.7 Å². The van der Waals surface area contributed by atoms with E-state index in [2.05, 4.69) is 30.6 Å². The summed E-state index contributed by atoms with van der Waals surface area (Å²) in [6.45, 7) is 17.4. The molecule has 0 spiro atoms. The highest BCUT2D eigenvalue weighted by molar-refractivity contribution is 6.39. The second kappa shape index (κ2) is 53.5. The first kappa shape index (κ1) is 100. The molecule has 4 aromatic heterocycles. The summed E-state index contributed by atoms with van der Waals surface area (Å²) in [6, 6.07) is 3.22. The summed E-state index contributed by atoms with van der Waals surface area (Å²) in [5.74, 6) is -7.98. The molecule has 1 aliphatic carbocycles. The van der Waals surface area contributed by atoms with E-state index in [9.17, 15) is 44.1 Å². The van der Waals surface area contributed by atoms with E-state index in [0.29, 0.717) is 229 Å². The summed E-state index contributed by atoms with van der Waals surface area (Å²) in [5, 5.41) is 51.6. The van der Waals surface area contributed by atoms with Crippen molar-refractivity contribution >= 4 is 69.1 Å². The molecule has 3 aliphatic heterocycles. The Balaban J connectivity index is 0.578. The molecule has 9 rings (SSSR count). The molecule has 2 bridgehead atoms. The number of ketones is 3. The fourth-order valence-corrected chi connectivity index (χ4v) is 15.8. The number of cyclic esters (lactones) is 1. The number of piperidine rings is 1. The highest BCUT2D eigenvalue weighted by atomic mass is 16.6. The lowest BCUT2D eigenvalue weighted by atomic mass is 9.79. The molecule has 1 aromatic carbocycles. The number of aliphatic hydroxyl groups excluding tert-OH is 2. The molecule has 1 unspecified atom stereocenters. The number of Topliss-reactive ketones (excluding diaryl/α,β-unsaturated/α-hetero) is 3. The summed E-state index contributed by atoms with van der Waals surface area (Å²) < 4.78 is 89.5. The molecule has 125 heavy (non-hydrogen) atoms. The molecule has 37 nitrogen and oxygen atoms in total. The van der Waals surface area contributed by atoms with Crippen LogP contribution in [-0.2, 0) is 108 Å². The number of rotatable bonds is 44. The standard InChI is InChI=1S/C88H133N13O24/c1-58-16-9-8-10-17-59(2)73(111-6)53-66-18-15-25-88(110,125-66)82(107)85(108)99-27-13-11-19-70(99)86(109)123-74(54-71(102)60(3)49-62(5)80(105)81(106)79(104)61(4)48-58)67(89)50-63-20-22-69(75(51-63)112-7)101-55-65(96-98-101)56-122-47-46-121-45-44-120-43-42-119-41-40-118-39-38-117-37-36-116-35-34-115-33-32-114-31-30-113-29-24-76(103)92-26-12-14-28-100-84-77(83(90)93-57-94-84)78(97-100)64-21-23-72-68(52-64)95-87(91)124-72/h8-10,16-17,21,23,49,52,55,57-58,60-61,63,66-67,69-70,73-75,80-81,105-106,110H,11-15,18-20,22,24-48,50-51,53-54,56,89H2,1-7H3,(H2,91,95)(H,92,103)(H2,90,93,94)/b10-8?,16-9+,59-17?,62-49+/t58-,60-,61-,63+,66+,67-,69+,70+,73+,74+,75-,80?,81+,88-/m1/s1. The van der Waals surface area contributed by atoms with Gasteiger partial charge in [-0.3, -0.25) is 24.0 Å². The summed E-state index contributed by atoms with van der Waals surface area (Å²) in [5.41, 5.74) is 23.9. The lowest BCUT2D eigenvalue weighted by molar-refractivity contribution is -0.245. The van der Waals surface area contributed by atoms with E-state index >= 15 is 0 Å². The zero-order chi connectivity index (χ0) is 89.5. The first-order valence-electron chi connectivity index (χ1n) is 43.9. The molecule has 694 valence electrons.